The van der Waals surface area contributed by atoms with Crippen molar-refractivity contribution in [1.82, 2.24) is 14.9 Å². The molecule has 0 fully saturated rings. The summed E-state index contributed by atoms with van der Waals surface area (Å²) in [6.45, 7) is 5.76. The van der Waals surface area contributed by atoms with E-state index in [4.69, 9.17) is 5.73 Å². The fraction of sp³-hybridized carbons (Fsp3) is 0.636. The van der Waals surface area contributed by atoms with Crippen LogP contribution < -0.4 is 11.1 Å². The second-order valence-corrected chi connectivity index (χ2v) is 4.25. The molecular formula is C11H21N5. The van der Waals surface area contributed by atoms with Crippen LogP contribution in [0.25, 0.3) is 0 Å². The Morgan fingerprint density at radius 1 is 1.62 bits per heavy atom. The van der Waals surface area contributed by atoms with Crippen molar-refractivity contribution < 1.29 is 0 Å². The molecule has 0 radical (unpaired) electrons. The van der Waals surface area contributed by atoms with Gasteiger partial charge in [-0.15, -0.1) is 0 Å². The first-order chi connectivity index (χ1) is 7.59. The summed E-state index contributed by atoms with van der Waals surface area (Å²) in [4.78, 5) is 8.45. The number of aryl methyl sites for hydroxylation is 1. The predicted octanol–water partition coefficient (Wildman–Crippen LogP) is 0.523. The van der Waals surface area contributed by atoms with E-state index in [0.29, 0.717) is 11.9 Å². The quantitative estimate of drug-likeness (QED) is 0.565. The Bertz CT molecular complexity index is 340. The van der Waals surface area contributed by atoms with Crippen molar-refractivity contribution in [1.29, 1.82) is 0 Å². The first-order valence-electron chi connectivity index (χ1n) is 5.59. The number of hydrogen-bond acceptors (Lipinski definition) is 2. The van der Waals surface area contributed by atoms with Crippen LogP contribution in [0.3, 0.4) is 0 Å². The highest BCUT2D eigenvalue weighted by atomic mass is 15.1. The highest BCUT2D eigenvalue weighted by molar-refractivity contribution is 5.77. The molecule has 5 heteroatoms. The molecule has 1 rings (SSSR count). The molecule has 1 aromatic heterocycles. The Balaban J connectivity index is 2.25. The molecule has 0 spiro atoms. The molecule has 5 nitrogen and oxygen atoms in total. The van der Waals surface area contributed by atoms with Crippen LogP contribution in [-0.2, 0) is 13.5 Å². The number of aromatic nitrogens is 2. The van der Waals surface area contributed by atoms with Crippen molar-refractivity contribution in [2.45, 2.75) is 20.3 Å². The third kappa shape index (κ3) is 4.33. The zero-order chi connectivity index (χ0) is 12.0. The van der Waals surface area contributed by atoms with Crippen LogP contribution in [0.1, 0.15) is 19.7 Å². The average Bonchev–Trinajstić information content (AvgIpc) is 2.61. The van der Waals surface area contributed by atoms with Crippen LogP contribution in [0.2, 0.25) is 0 Å². The van der Waals surface area contributed by atoms with Crippen molar-refractivity contribution >= 4 is 5.96 Å². The van der Waals surface area contributed by atoms with E-state index in [2.05, 4.69) is 29.1 Å². The lowest BCUT2D eigenvalue weighted by Crippen LogP contribution is -2.34. The number of guanidine groups is 1. The minimum absolute atomic E-state index is 0.517. The summed E-state index contributed by atoms with van der Waals surface area (Å²) in [6.07, 6.45) is 4.58. The van der Waals surface area contributed by atoms with Crippen molar-refractivity contribution in [3.63, 3.8) is 0 Å². The number of imidazole rings is 1. The fourth-order valence-corrected chi connectivity index (χ4v) is 1.28. The van der Waals surface area contributed by atoms with E-state index in [1.54, 1.807) is 6.20 Å². The highest BCUT2D eigenvalue weighted by Gasteiger charge is 1.99. The highest BCUT2D eigenvalue weighted by Crippen LogP contribution is 1.94. The van der Waals surface area contributed by atoms with Crippen molar-refractivity contribution in [2.75, 3.05) is 13.1 Å². The summed E-state index contributed by atoms with van der Waals surface area (Å²) in [5.41, 5.74) is 5.71. The van der Waals surface area contributed by atoms with Gasteiger partial charge in [0.15, 0.2) is 5.96 Å². The van der Waals surface area contributed by atoms with E-state index < -0.39 is 0 Å². The molecule has 0 aromatic carbocycles. The predicted molar refractivity (Wildman–Crippen MR) is 66.2 cm³/mol. The van der Waals surface area contributed by atoms with Crippen molar-refractivity contribution in [2.24, 2.45) is 23.7 Å². The monoisotopic (exact) mass is 223 g/mol. The Kier molecular flexibility index (Phi) is 4.82. The lowest BCUT2D eigenvalue weighted by Gasteiger charge is -2.06. The lowest BCUT2D eigenvalue weighted by atomic mass is 10.2. The maximum atomic E-state index is 5.71. The van der Waals surface area contributed by atoms with Gasteiger partial charge in [-0.2, -0.15) is 0 Å². The maximum Gasteiger partial charge on any atom is 0.188 e. The van der Waals surface area contributed by atoms with Crippen LogP contribution in [0, 0.1) is 5.92 Å². The van der Waals surface area contributed by atoms with Gasteiger partial charge in [0.1, 0.15) is 5.82 Å². The molecule has 0 atom stereocenters. The lowest BCUT2D eigenvalue weighted by molar-refractivity contribution is 0.660. The summed E-state index contributed by atoms with van der Waals surface area (Å²) in [7, 11) is 1.98. The third-order valence-electron chi connectivity index (χ3n) is 2.20. The molecule has 0 amide bonds. The molecule has 3 N–H and O–H groups in total. The number of nitrogens with two attached hydrogens (primary N) is 1. The van der Waals surface area contributed by atoms with Crippen LogP contribution in [-0.4, -0.2) is 28.6 Å². The number of nitrogens with one attached hydrogen (secondary N) is 1. The van der Waals surface area contributed by atoms with Crippen LogP contribution >= 0.6 is 0 Å². The van der Waals surface area contributed by atoms with Gasteiger partial charge in [-0.1, -0.05) is 13.8 Å². The van der Waals surface area contributed by atoms with E-state index in [1.807, 2.05) is 17.8 Å². The van der Waals surface area contributed by atoms with E-state index in [1.165, 1.54) is 0 Å². The van der Waals surface area contributed by atoms with Gasteiger partial charge in [0, 0.05) is 39.0 Å². The number of nitrogens with zero attached hydrogens (tertiary/aromatic N) is 3. The smallest absolute Gasteiger partial charge is 0.188 e. The van der Waals surface area contributed by atoms with E-state index in [9.17, 15) is 0 Å². The third-order valence-corrected chi connectivity index (χ3v) is 2.20. The van der Waals surface area contributed by atoms with E-state index in [-0.39, 0.29) is 0 Å². The van der Waals surface area contributed by atoms with Gasteiger partial charge in [-0.05, 0) is 5.92 Å². The standard InChI is InChI=1S/C11H21N5/c1-9(2)8-15-11(12)14-5-4-10-13-6-7-16(10)3/h6-7,9H,4-5,8H2,1-3H3,(H3,12,14,15). The largest absolute Gasteiger partial charge is 0.370 e. The molecule has 90 valence electrons. The summed E-state index contributed by atoms with van der Waals surface area (Å²) < 4.78 is 2.00. The summed E-state index contributed by atoms with van der Waals surface area (Å²) in [5.74, 6) is 2.10. The molecular weight excluding hydrogens is 202 g/mol. The molecule has 0 saturated carbocycles. The summed E-state index contributed by atoms with van der Waals surface area (Å²) in [5, 5.41) is 3.08. The van der Waals surface area contributed by atoms with Crippen LogP contribution in [0.4, 0.5) is 0 Å². The first kappa shape index (κ1) is 12.5. The summed E-state index contributed by atoms with van der Waals surface area (Å²) in [6, 6.07) is 0. The molecule has 1 heterocycles. The van der Waals surface area contributed by atoms with Gasteiger partial charge < -0.3 is 15.6 Å². The Morgan fingerprint density at radius 3 is 2.94 bits per heavy atom. The second kappa shape index (κ2) is 6.15. The fourth-order valence-electron chi connectivity index (χ4n) is 1.28. The average molecular weight is 223 g/mol. The SMILES string of the molecule is CC(C)CN=C(N)NCCc1nccn1C. The van der Waals surface area contributed by atoms with Gasteiger partial charge in [0.05, 0.1) is 0 Å². The molecule has 0 aliphatic carbocycles. The normalized spacial score (nSPS) is 12.1. The van der Waals surface area contributed by atoms with Gasteiger partial charge in [0.25, 0.3) is 0 Å². The molecule has 16 heavy (non-hydrogen) atoms. The minimum Gasteiger partial charge on any atom is -0.370 e. The van der Waals surface area contributed by atoms with Gasteiger partial charge in [-0.3, -0.25) is 4.99 Å². The topological polar surface area (TPSA) is 68.2 Å². The maximum absolute atomic E-state index is 5.71. The molecule has 0 bridgehead atoms. The molecule has 1 aromatic rings. The molecule has 0 saturated heterocycles. The first-order valence-corrected chi connectivity index (χ1v) is 5.59. The van der Waals surface area contributed by atoms with Crippen molar-refractivity contribution in [3.05, 3.63) is 18.2 Å². The molecule has 0 aliphatic heterocycles. The van der Waals surface area contributed by atoms with Crippen LogP contribution in [0.15, 0.2) is 17.4 Å². The van der Waals surface area contributed by atoms with Gasteiger partial charge in [0.2, 0.25) is 0 Å². The van der Waals surface area contributed by atoms with Gasteiger partial charge in [-0.25, -0.2) is 4.98 Å². The zero-order valence-electron chi connectivity index (χ0n) is 10.3. The molecule has 0 aliphatic rings. The number of hydrogen-bond donors (Lipinski definition) is 2. The molecule has 0 unspecified atom stereocenters. The van der Waals surface area contributed by atoms with E-state index in [0.717, 1.165) is 25.3 Å². The summed E-state index contributed by atoms with van der Waals surface area (Å²) >= 11 is 0. The van der Waals surface area contributed by atoms with Crippen LogP contribution in [0.5, 0.6) is 0 Å². The Morgan fingerprint density at radius 2 is 2.38 bits per heavy atom. The number of aliphatic imine (C=N–C) groups is 1. The number of rotatable bonds is 5. The minimum atomic E-state index is 0.517. The Hall–Kier alpha value is -1.52. The Labute approximate surface area is 96.8 Å². The van der Waals surface area contributed by atoms with E-state index >= 15 is 0 Å². The van der Waals surface area contributed by atoms with Gasteiger partial charge >= 0.3 is 0 Å². The second-order valence-electron chi connectivity index (χ2n) is 4.25. The zero-order valence-corrected chi connectivity index (χ0v) is 10.3. The van der Waals surface area contributed by atoms with Crippen molar-refractivity contribution in [3.8, 4) is 0 Å².